The maximum absolute atomic E-state index is 7.19. The van der Waals surface area contributed by atoms with Crippen LogP contribution in [-0.4, -0.2) is 31.1 Å². The van der Waals surface area contributed by atoms with E-state index in [1.807, 2.05) is 0 Å². The molecular weight excluding hydrogens is 249 g/mol. The number of nitrogens with one attached hydrogen (secondary N) is 1. The van der Waals surface area contributed by atoms with Crippen LogP contribution in [-0.2, 0) is 32.7 Å². The number of likely N-dealkylation sites (tertiary alicyclic amines) is 1. The average molecular weight is 272 g/mol. The van der Waals surface area contributed by atoms with Gasteiger partial charge in [-0.1, -0.05) is 20.3 Å². The monoisotopic (exact) mass is 272 g/mol. The van der Waals surface area contributed by atoms with Crippen molar-refractivity contribution >= 4 is 0 Å². The summed E-state index contributed by atoms with van der Waals surface area (Å²) in [5.41, 5.74) is 7.19. The summed E-state index contributed by atoms with van der Waals surface area (Å²) in [6, 6.07) is 0. The largest absolute Gasteiger partial charge is 0.677 e. The van der Waals surface area contributed by atoms with Crippen LogP contribution in [0.5, 0.6) is 0 Å². The van der Waals surface area contributed by atoms with Gasteiger partial charge in [-0.15, -0.1) is 0 Å². The maximum atomic E-state index is 7.19. The molecule has 2 nitrogen and oxygen atoms in total. The van der Waals surface area contributed by atoms with Gasteiger partial charge < -0.3 is 10.6 Å². The molecule has 0 amide bonds. The van der Waals surface area contributed by atoms with Gasteiger partial charge in [-0.3, -0.25) is 0 Å². The van der Waals surface area contributed by atoms with Crippen molar-refractivity contribution in [3.05, 3.63) is 5.73 Å². The fraction of sp³-hybridized carbons (Fsp3) is 1.00. The predicted octanol–water partition coefficient (Wildman–Crippen LogP) is 2.79. The minimum Gasteiger partial charge on any atom is -0.677 e. The Kier molecular flexibility index (Phi) is 8.81. The first-order chi connectivity index (χ1) is 6.22. The zero-order valence-corrected chi connectivity index (χ0v) is 12.5. The van der Waals surface area contributed by atoms with Crippen LogP contribution in [0.4, 0.5) is 0 Å². The van der Waals surface area contributed by atoms with E-state index >= 15 is 0 Å². The van der Waals surface area contributed by atoms with Crippen molar-refractivity contribution in [3.63, 3.8) is 0 Å². The standard InChI is InChI=1S/C11H23N2.Y/c1-10(2)9-13-7-4-11(3-6-12)5-8-13;/h10-12H,3-9H2,1-2H3;/q-1;. The Balaban J connectivity index is 0.00000169. The predicted molar refractivity (Wildman–Crippen MR) is 57.8 cm³/mol. The molecule has 0 aromatic rings. The minimum atomic E-state index is 0. The first-order valence-corrected chi connectivity index (χ1v) is 5.59. The van der Waals surface area contributed by atoms with E-state index in [4.69, 9.17) is 5.73 Å². The smallest absolute Gasteiger partial charge is 0.000439 e. The van der Waals surface area contributed by atoms with E-state index in [1.54, 1.807) is 0 Å². The van der Waals surface area contributed by atoms with Crippen LogP contribution in [0.3, 0.4) is 0 Å². The van der Waals surface area contributed by atoms with Crippen molar-refractivity contribution in [2.75, 3.05) is 26.2 Å². The molecule has 0 spiro atoms. The van der Waals surface area contributed by atoms with Crippen molar-refractivity contribution in [1.82, 2.24) is 4.90 Å². The Morgan fingerprint density at radius 2 is 1.86 bits per heavy atom. The summed E-state index contributed by atoms with van der Waals surface area (Å²) in [5.74, 6) is 1.65. The fourth-order valence-corrected chi connectivity index (χ4v) is 2.18. The summed E-state index contributed by atoms with van der Waals surface area (Å²) in [7, 11) is 0. The second-order valence-corrected chi connectivity index (χ2v) is 4.68. The SMILES string of the molecule is CC(C)CN1CCC(CC[NH-])CC1.[Y]. The normalized spacial score (nSPS) is 19.7. The van der Waals surface area contributed by atoms with Crippen molar-refractivity contribution < 1.29 is 32.7 Å². The number of nitrogens with zero attached hydrogens (tertiary/aromatic N) is 1. The van der Waals surface area contributed by atoms with Crippen LogP contribution >= 0.6 is 0 Å². The molecule has 0 aliphatic carbocycles. The van der Waals surface area contributed by atoms with E-state index < -0.39 is 0 Å². The van der Waals surface area contributed by atoms with Gasteiger partial charge >= 0.3 is 0 Å². The third-order valence-corrected chi connectivity index (χ3v) is 2.88. The first kappa shape index (κ1) is 15.0. The Morgan fingerprint density at radius 1 is 1.29 bits per heavy atom. The molecule has 1 N–H and O–H groups in total. The van der Waals surface area contributed by atoms with E-state index in [0.29, 0.717) is 6.54 Å². The number of hydrogen-bond donors (Lipinski definition) is 0. The van der Waals surface area contributed by atoms with Crippen molar-refractivity contribution in [2.45, 2.75) is 33.1 Å². The molecule has 0 bridgehead atoms. The van der Waals surface area contributed by atoms with E-state index in [9.17, 15) is 0 Å². The zero-order chi connectivity index (χ0) is 9.68. The molecule has 1 radical (unpaired) electrons. The van der Waals surface area contributed by atoms with Gasteiger partial charge in [0.05, 0.1) is 0 Å². The minimum absolute atomic E-state index is 0. The summed E-state index contributed by atoms with van der Waals surface area (Å²) in [6.45, 7) is 8.99. The van der Waals surface area contributed by atoms with Crippen molar-refractivity contribution in [3.8, 4) is 0 Å². The maximum Gasteiger partial charge on any atom is 0.000439 e. The Morgan fingerprint density at radius 3 is 2.29 bits per heavy atom. The molecule has 3 heteroatoms. The van der Waals surface area contributed by atoms with Gasteiger partial charge in [-0.25, -0.2) is 0 Å². The second kappa shape index (κ2) is 8.21. The van der Waals surface area contributed by atoms with Crippen LogP contribution in [0, 0.1) is 11.8 Å². The Bertz CT molecular complexity index is 131. The molecule has 1 aliphatic heterocycles. The molecule has 14 heavy (non-hydrogen) atoms. The Labute approximate surface area is 114 Å². The third-order valence-electron chi connectivity index (χ3n) is 2.88. The molecule has 0 aromatic heterocycles. The van der Waals surface area contributed by atoms with Crippen LogP contribution in [0.2, 0.25) is 0 Å². The summed E-state index contributed by atoms with van der Waals surface area (Å²) >= 11 is 0. The first-order valence-electron chi connectivity index (χ1n) is 5.59. The van der Waals surface area contributed by atoms with Gasteiger partial charge in [0.15, 0.2) is 0 Å². The van der Waals surface area contributed by atoms with Gasteiger partial charge in [0.25, 0.3) is 0 Å². The molecule has 1 fully saturated rings. The summed E-state index contributed by atoms with van der Waals surface area (Å²) in [4.78, 5) is 2.57. The molecule has 1 aliphatic rings. The molecule has 81 valence electrons. The topological polar surface area (TPSA) is 27.0 Å². The van der Waals surface area contributed by atoms with Gasteiger partial charge in [0, 0.05) is 39.3 Å². The number of rotatable bonds is 4. The Hall–Kier alpha value is 1.02. The van der Waals surface area contributed by atoms with Gasteiger partial charge in [-0.05, 0) is 37.8 Å². The third kappa shape index (κ3) is 5.80. The van der Waals surface area contributed by atoms with Crippen LogP contribution in [0.25, 0.3) is 5.73 Å². The molecule has 0 atom stereocenters. The van der Waals surface area contributed by atoms with Crippen molar-refractivity contribution in [1.29, 1.82) is 0 Å². The van der Waals surface area contributed by atoms with Gasteiger partial charge in [0.2, 0.25) is 0 Å². The molecule has 1 saturated heterocycles. The quantitative estimate of drug-likeness (QED) is 0.773. The van der Waals surface area contributed by atoms with Gasteiger partial charge in [-0.2, -0.15) is 6.54 Å². The van der Waals surface area contributed by atoms with Gasteiger partial charge in [0.1, 0.15) is 0 Å². The second-order valence-electron chi connectivity index (χ2n) is 4.68. The van der Waals surface area contributed by atoms with Crippen LogP contribution < -0.4 is 0 Å². The summed E-state index contributed by atoms with van der Waals surface area (Å²) < 4.78 is 0. The summed E-state index contributed by atoms with van der Waals surface area (Å²) in [5, 5.41) is 0. The van der Waals surface area contributed by atoms with E-state index in [1.165, 1.54) is 32.5 Å². The van der Waals surface area contributed by atoms with E-state index in [-0.39, 0.29) is 32.7 Å². The van der Waals surface area contributed by atoms with Crippen LogP contribution in [0.15, 0.2) is 0 Å². The fourth-order valence-electron chi connectivity index (χ4n) is 2.18. The molecule has 1 rings (SSSR count). The molecule has 0 unspecified atom stereocenters. The molecule has 0 aromatic carbocycles. The zero-order valence-electron chi connectivity index (χ0n) is 9.63. The molecule has 0 saturated carbocycles. The van der Waals surface area contributed by atoms with E-state index in [2.05, 4.69) is 18.7 Å². The summed E-state index contributed by atoms with van der Waals surface area (Å²) in [6.07, 6.45) is 3.77. The number of piperidine rings is 1. The average Bonchev–Trinajstić information content (AvgIpc) is 2.08. The molecule has 1 heterocycles. The van der Waals surface area contributed by atoms with E-state index in [0.717, 1.165) is 18.3 Å². The van der Waals surface area contributed by atoms with Crippen LogP contribution in [0.1, 0.15) is 33.1 Å². The molecular formula is C11H23N2Y-. The van der Waals surface area contributed by atoms with Crippen molar-refractivity contribution in [2.24, 2.45) is 11.8 Å². The number of hydrogen-bond acceptors (Lipinski definition) is 1.